The summed E-state index contributed by atoms with van der Waals surface area (Å²) in [4.78, 5) is 18.4. The molecule has 1 heterocycles. The molecular weight excluding hydrogens is 394 g/mol. The monoisotopic (exact) mass is 409 g/mol. The molecule has 1 aromatic heterocycles. The Kier molecular flexibility index (Phi) is 4.85. The highest BCUT2D eigenvalue weighted by molar-refractivity contribution is 7.92. The van der Waals surface area contributed by atoms with Crippen LogP contribution in [0.4, 0.5) is 11.6 Å². The average Bonchev–Trinajstić information content (AvgIpc) is 2.98. The Balaban J connectivity index is 1.97. The Morgan fingerprint density at radius 2 is 2.07 bits per heavy atom. The van der Waals surface area contributed by atoms with Crippen molar-refractivity contribution in [2.24, 2.45) is 5.73 Å². The van der Waals surface area contributed by atoms with Gasteiger partial charge in [0.15, 0.2) is 0 Å². The Morgan fingerprint density at radius 3 is 2.74 bits per heavy atom. The van der Waals surface area contributed by atoms with E-state index in [1.807, 2.05) is 6.92 Å². The molecule has 11 heteroatoms. The van der Waals surface area contributed by atoms with Crippen LogP contribution in [0.3, 0.4) is 0 Å². The number of hydrogen-bond donors (Lipinski definition) is 5. The summed E-state index contributed by atoms with van der Waals surface area (Å²) in [6, 6.07) is 6.78. The molecule has 9 nitrogen and oxygen atoms in total. The van der Waals surface area contributed by atoms with Crippen molar-refractivity contribution in [3.63, 3.8) is 0 Å². The Morgan fingerprint density at radius 1 is 1.33 bits per heavy atom. The average molecular weight is 410 g/mol. The van der Waals surface area contributed by atoms with Crippen molar-refractivity contribution >= 4 is 50.2 Å². The predicted octanol–water partition coefficient (Wildman–Crippen LogP) is 2.25. The quantitative estimate of drug-likeness (QED) is 0.421. The van der Waals surface area contributed by atoms with Crippen LogP contribution in [0.25, 0.3) is 11.0 Å². The lowest BCUT2D eigenvalue weighted by atomic mass is 10.2. The number of aromatic hydroxyl groups is 1. The number of anilines is 2. The highest BCUT2D eigenvalue weighted by atomic mass is 35.5. The minimum Gasteiger partial charge on any atom is -0.506 e. The molecule has 142 valence electrons. The van der Waals surface area contributed by atoms with Gasteiger partial charge in [0.2, 0.25) is 5.95 Å². The number of nitrogens with one attached hydrogen (secondary N) is 3. The lowest BCUT2D eigenvalue weighted by Crippen LogP contribution is -2.16. The second-order valence-corrected chi connectivity index (χ2v) is 7.71. The van der Waals surface area contributed by atoms with Crippen LogP contribution in [0.1, 0.15) is 17.3 Å². The topological polar surface area (TPSA) is 150 Å². The van der Waals surface area contributed by atoms with Crippen molar-refractivity contribution in [3.8, 4) is 5.75 Å². The van der Waals surface area contributed by atoms with Gasteiger partial charge in [0.05, 0.1) is 32.2 Å². The van der Waals surface area contributed by atoms with Crippen molar-refractivity contribution in [1.29, 1.82) is 0 Å². The predicted molar refractivity (Wildman–Crippen MR) is 103 cm³/mol. The van der Waals surface area contributed by atoms with Gasteiger partial charge in [-0.1, -0.05) is 11.6 Å². The third-order valence-electron chi connectivity index (χ3n) is 3.69. The number of hydrogen-bond acceptors (Lipinski definition) is 6. The van der Waals surface area contributed by atoms with E-state index in [2.05, 4.69) is 20.0 Å². The van der Waals surface area contributed by atoms with E-state index in [-0.39, 0.29) is 21.2 Å². The fourth-order valence-electron chi connectivity index (χ4n) is 2.46. The lowest BCUT2D eigenvalue weighted by Gasteiger charge is -2.11. The maximum Gasteiger partial charge on any atom is 0.261 e. The molecule has 0 unspecified atom stereocenters. The van der Waals surface area contributed by atoms with Gasteiger partial charge < -0.3 is 21.1 Å². The second-order valence-electron chi connectivity index (χ2n) is 5.62. The van der Waals surface area contributed by atoms with E-state index in [1.165, 1.54) is 0 Å². The summed E-state index contributed by atoms with van der Waals surface area (Å²) in [5.74, 6) is -0.997. The first-order chi connectivity index (χ1) is 12.7. The molecule has 0 saturated carbocycles. The van der Waals surface area contributed by atoms with Crippen LogP contribution in [0.2, 0.25) is 5.02 Å². The largest absolute Gasteiger partial charge is 0.506 e. The number of benzene rings is 2. The zero-order chi connectivity index (χ0) is 19.8. The summed E-state index contributed by atoms with van der Waals surface area (Å²) < 4.78 is 27.7. The van der Waals surface area contributed by atoms with E-state index in [4.69, 9.17) is 17.3 Å². The molecule has 0 fully saturated rings. The number of halogens is 1. The number of aromatic amines is 1. The van der Waals surface area contributed by atoms with Gasteiger partial charge in [-0.05, 0) is 37.3 Å². The number of nitrogens with two attached hydrogens (primary N) is 1. The molecule has 3 rings (SSSR count). The third kappa shape index (κ3) is 3.76. The summed E-state index contributed by atoms with van der Waals surface area (Å²) in [7, 11) is -4.08. The number of H-pyrrole nitrogens is 1. The lowest BCUT2D eigenvalue weighted by molar-refractivity contribution is 0.0997. The van der Waals surface area contributed by atoms with E-state index in [0.29, 0.717) is 23.5 Å². The molecule has 0 aliphatic carbocycles. The van der Waals surface area contributed by atoms with Crippen LogP contribution in [-0.2, 0) is 10.0 Å². The zero-order valence-corrected chi connectivity index (χ0v) is 15.6. The van der Waals surface area contributed by atoms with Crippen molar-refractivity contribution in [1.82, 2.24) is 9.97 Å². The van der Waals surface area contributed by atoms with Crippen molar-refractivity contribution in [2.75, 3.05) is 16.6 Å². The van der Waals surface area contributed by atoms with Gasteiger partial charge in [0.25, 0.3) is 15.9 Å². The number of amides is 1. The third-order valence-corrected chi connectivity index (χ3v) is 5.34. The number of carbonyl (C=O) groups is 1. The summed E-state index contributed by atoms with van der Waals surface area (Å²) in [5, 5.41) is 12.5. The Labute approximate surface area is 159 Å². The number of sulfonamides is 1. The minimum absolute atomic E-state index is 0.277. The number of phenols is 1. The van der Waals surface area contributed by atoms with Crippen LogP contribution in [0.15, 0.2) is 35.2 Å². The molecule has 0 aliphatic rings. The van der Waals surface area contributed by atoms with Gasteiger partial charge in [0, 0.05) is 6.54 Å². The fraction of sp³-hybridized carbons (Fsp3) is 0.125. The van der Waals surface area contributed by atoms with Crippen molar-refractivity contribution in [2.45, 2.75) is 11.8 Å². The smallest absolute Gasteiger partial charge is 0.261 e. The molecule has 0 saturated heterocycles. The van der Waals surface area contributed by atoms with Gasteiger partial charge in [-0.2, -0.15) is 0 Å². The molecule has 0 spiro atoms. The molecule has 6 N–H and O–H groups in total. The molecule has 0 aliphatic heterocycles. The van der Waals surface area contributed by atoms with Crippen molar-refractivity contribution < 1.29 is 18.3 Å². The Hall–Kier alpha value is -2.98. The van der Waals surface area contributed by atoms with Crippen LogP contribution in [0, 0.1) is 0 Å². The maximum absolute atomic E-state index is 12.6. The number of fused-ring (bicyclic) bond motifs is 1. The molecule has 2 aromatic carbocycles. The normalized spacial score (nSPS) is 11.5. The molecule has 0 radical (unpaired) electrons. The van der Waals surface area contributed by atoms with Crippen LogP contribution in [0.5, 0.6) is 5.75 Å². The van der Waals surface area contributed by atoms with Gasteiger partial charge in [0.1, 0.15) is 5.75 Å². The molecule has 0 bridgehead atoms. The van der Waals surface area contributed by atoms with Crippen LogP contribution in [-0.4, -0.2) is 35.9 Å². The number of carbonyl (C=O) groups excluding carboxylic acids is 1. The maximum atomic E-state index is 12.6. The summed E-state index contributed by atoms with van der Waals surface area (Å²) >= 11 is 5.81. The molecular formula is C16H16ClN5O4S. The van der Waals surface area contributed by atoms with E-state index >= 15 is 0 Å². The highest BCUT2D eigenvalue weighted by Crippen LogP contribution is 2.31. The van der Waals surface area contributed by atoms with E-state index in [1.54, 1.807) is 18.2 Å². The zero-order valence-electron chi connectivity index (χ0n) is 14.1. The summed E-state index contributed by atoms with van der Waals surface area (Å²) in [5.41, 5.74) is 6.33. The first-order valence-corrected chi connectivity index (χ1v) is 9.66. The standard InChI is InChI=1S/C16H16ClN5O4S/c1-2-19-16-20-12-4-3-8(5-13(12)21-16)22-27(25,26)9-6-10(15(18)24)14(23)11(17)7-9/h3-7,22-23H,2H2,1H3,(H2,18,24)(H2,19,20,21). The second kappa shape index (κ2) is 6.97. The van der Waals surface area contributed by atoms with E-state index in [9.17, 15) is 18.3 Å². The van der Waals surface area contributed by atoms with Gasteiger partial charge in [-0.15, -0.1) is 0 Å². The van der Waals surface area contributed by atoms with Gasteiger partial charge in [-0.25, -0.2) is 13.4 Å². The summed E-state index contributed by atoms with van der Waals surface area (Å²) in [6.07, 6.45) is 0. The minimum atomic E-state index is -4.08. The number of aromatic nitrogens is 2. The number of nitrogens with zero attached hydrogens (tertiary/aromatic N) is 1. The van der Waals surface area contributed by atoms with Crippen LogP contribution >= 0.6 is 11.6 Å². The van der Waals surface area contributed by atoms with Gasteiger partial charge in [-0.3, -0.25) is 9.52 Å². The van der Waals surface area contributed by atoms with Gasteiger partial charge >= 0.3 is 0 Å². The molecule has 27 heavy (non-hydrogen) atoms. The van der Waals surface area contributed by atoms with E-state index < -0.39 is 21.7 Å². The fourth-order valence-corrected chi connectivity index (χ4v) is 3.84. The summed E-state index contributed by atoms with van der Waals surface area (Å²) in [6.45, 7) is 2.61. The molecule has 1 amide bonds. The highest BCUT2D eigenvalue weighted by Gasteiger charge is 2.21. The SMILES string of the molecule is CCNc1nc2ccc(NS(=O)(=O)c3cc(Cl)c(O)c(C(N)=O)c3)cc2[nH]1. The number of imidazole rings is 1. The van der Waals surface area contributed by atoms with E-state index in [0.717, 1.165) is 12.1 Å². The first-order valence-electron chi connectivity index (χ1n) is 7.80. The first kappa shape index (κ1) is 18.8. The number of primary amides is 1. The van der Waals surface area contributed by atoms with Crippen LogP contribution < -0.4 is 15.8 Å². The molecule has 3 aromatic rings. The van der Waals surface area contributed by atoms with Crippen molar-refractivity contribution in [3.05, 3.63) is 40.9 Å². The Bertz CT molecular complexity index is 1140. The number of rotatable bonds is 6. The molecule has 0 atom stereocenters.